The van der Waals surface area contributed by atoms with Crippen molar-refractivity contribution < 1.29 is 14.3 Å². The topological polar surface area (TPSA) is 70.7 Å². The van der Waals surface area contributed by atoms with Crippen LogP contribution in [0.15, 0.2) is 24.3 Å². The second-order valence-electron chi connectivity index (χ2n) is 5.20. The molecule has 128 valence electrons. The number of hydrogen-bond acceptors (Lipinski definition) is 4. The fourth-order valence-electron chi connectivity index (χ4n) is 2.53. The number of hydrogen-bond donors (Lipinski definition) is 2. The van der Waals surface area contributed by atoms with Crippen molar-refractivity contribution in [2.24, 2.45) is 5.92 Å². The maximum absolute atomic E-state index is 12.3. The maximum atomic E-state index is 12.3. The molecule has 1 aromatic rings. The molecule has 2 N–H and O–H groups in total. The van der Waals surface area contributed by atoms with Crippen molar-refractivity contribution in [3.63, 3.8) is 0 Å². The normalized spacial score (nSPS) is 16.9. The van der Waals surface area contributed by atoms with E-state index in [2.05, 4.69) is 10.6 Å². The van der Waals surface area contributed by atoms with Gasteiger partial charge in [0.15, 0.2) is 0 Å². The molecule has 1 unspecified atom stereocenters. The minimum Gasteiger partial charge on any atom is -0.492 e. The minimum absolute atomic E-state index is 0. The Labute approximate surface area is 143 Å². The van der Waals surface area contributed by atoms with Crippen molar-refractivity contribution in [2.75, 3.05) is 38.2 Å². The average molecular weight is 342 g/mol. The van der Waals surface area contributed by atoms with Gasteiger partial charge in [-0.3, -0.25) is 9.59 Å². The van der Waals surface area contributed by atoms with Crippen LogP contribution in [-0.4, -0.2) is 45.1 Å². The first-order valence-corrected chi connectivity index (χ1v) is 7.61. The molecular weight excluding hydrogens is 318 g/mol. The number of carbonyl (C=O) groups excluding carboxylic acids is 2. The predicted octanol–water partition coefficient (Wildman–Crippen LogP) is 1.20. The molecule has 0 radical (unpaired) electrons. The summed E-state index contributed by atoms with van der Waals surface area (Å²) in [5.74, 6) is 0.259. The molecule has 6 nitrogen and oxygen atoms in total. The zero-order valence-corrected chi connectivity index (χ0v) is 14.3. The van der Waals surface area contributed by atoms with Crippen molar-refractivity contribution in [1.29, 1.82) is 0 Å². The van der Waals surface area contributed by atoms with E-state index >= 15 is 0 Å². The number of ether oxygens (including phenoxy) is 1. The number of benzene rings is 1. The molecule has 1 aliphatic heterocycles. The lowest BCUT2D eigenvalue weighted by molar-refractivity contribution is -0.126. The Hall–Kier alpha value is -1.79. The summed E-state index contributed by atoms with van der Waals surface area (Å²) in [6.07, 6.45) is 0.242. The largest absolute Gasteiger partial charge is 0.492 e. The molecule has 0 aliphatic carbocycles. The molecule has 7 heteroatoms. The third-order valence-electron chi connectivity index (χ3n) is 3.63. The Balaban J connectivity index is 0.00000264. The highest BCUT2D eigenvalue weighted by Gasteiger charge is 2.36. The summed E-state index contributed by atoms with van der Waals surface area (Å²) in [6, 6.07) is 7.43. The smallest absolute Gasteiger partial charge is 0.227 e. The lowest BCUT2D eigenvalue weighted by atomic mass is 10.1. The number of halogens is 1. The fourth-order valence-corrected chi connectivity index (χ4v) is 2.53. The van der Waals surface area contributed by atoms with Gasteiger partial charge in [0.05, 0.1) is 18.2 Å². The van der Waals surface area contributed by atoms with Crippen molar-refractivity contribution in [3.05, 3.63) is 24.3 Å². The van der Waals surface area contributed by atoms with Crippen LogP contribution in [0.1, 0.15) is 13.3 Å². The van der Waals surface area contributed by atoms with Gasteiger partial charge in [-0.25, -0.2) is 0 Å². The molecule has 0 bridgehead atoms. The van der Waals surface area contributed by atoms with E-state index in [-0.39, 0.29) is 36.6 Å². The van der Waals surface area contributed by atoms with Crippen LogP contribution in [0.4, 0.5) is 5.69 Å². The lowest BCUT2D eigenvalue weighted by Crippen LogP contribution is -2.36. The fraction of sp³-hybridized carbons (Fsp3) is 0.500. The van der Waals surface area contributed by atoms with Gasteiger partial charge in [0.1, 0.15) is 5.75 Å². The molecule has 1 aromatic carbocycles. The Morgan fingerprint density at radius 1 is 1.35 bits per heavy atom. The Bertz CT molecular complexity index is 539. The van der Waals surface area contributed by atoms with E-state index in [1.165, 1.54) is 0 Å². The van der Waals surface area contributed by atoms with Crippen molar-refractivity contribution in [3.8, 4) is 5.75 Å². The summed E-state index contributed by atoms with van der Waals surface area (Å²) < 4.78 is 5.57. The number of amides is 2. The van der Waals surface area contributed by atoms with Gasteiger partial charge in [-0.15, -0.1) is 12.4 Å². The van der Waals surface area contributed by atoms with Gasteiger partial charge in [-0.05, 0) is 26.1 Å². The van der Waals surface area contributed by atoms with E-state index < -0.39 is 0 Å². The number of nitrogens with one attached hydrogen (secondary N) is 2. The van der Waals surface area contributed by atoms with Crippen molar-refractivity contribution in [2.45, 2.75) is 13.3 Å². The third kappa shape index (κ3) is 4.84. The zero-order valence-electron chi connectivity index (χ0n) is 13.5. The highest BCUT2D eigenvalue weighted by Crippen LogP contribution is 2.32. The summed E-state index contributed by atoms with van der Waals surface area (Å²) in [4.78, 5) is 26.0. The molecular formula is C16H24ClN3O3. The number of nitrogens with zero attached hydrogens (tertiary/aromatic N) is 1. The maximum Gasteiger partial charge on any atom is 0.227 e. The number of para-hydroxylation sites is 2. The molecule has 1 heterocycles. The van der Waals surface area contributed by atoms with Crippen LogP contribution in [0.5, 0.6) is 5.75 Å². The van der Waals surface area contributed by atoms with Gasteiger partial charge in [-0.1, -0.05) is 12.1 Å². The molecule has 0 aromatic heterocycles. The molecule has 0 saturated carbocycles. The first-order chi connectivity index (χ1) is 10.7. The van der Waals surface area contributed by atoms with Crippen LogP contribution in [0.3, 0.4) is 0 Å². The van der Waals surface area contributed by atoms with Crippen LogP contribution in [0.2, 0.25) is 0 Å². The number of likely N-dealkylation sites (N-methyl/N-ethyl adjacent to an activating group) is 1. The molecule has 2 amide bonds. The first-order valence-electron chi connectivity index (χ1n) is 7.61. The van der Waals surface area contributed by atoms with Crippen molar-refractivity contribution >= 4 is 29.9 Å². The summed E-state index contributed by atoms with van der Waals surface area (Å²) in [6.45, 7) is 4.11. The molecule has 1 fully saturated rings. The van der Waals surface area contributed by atoms with Crippen LogP contribution < -0.4 is 20.3 Å². The second-order valence-corrected chi connectivity index (χ2v) is 5.20. The van der Waals surface area contributed by atoms with Crippen LogP contribution in [0, 0.1) is 5.92 Å². The predicted molar refractivity (Wildman–Crippen MR) is 92.3 cm³/mol. The van der Waals surface area contributed by atoms with Gasteiger partial charge in [0, 0.05) is 26.1 Å². The van der Waals surface area contributed by atoms with E-state index in [0.717, 1.165) is 5.69 Å². The van der Waals surface area contributed by atoms with Gasteiger partial charge < -0.3 is 20.3 Å². The summed E-state index contributed by atoms with van der Waals surface area (Å²) in [5, 5.41) is 5.82. The quantitative estimate of drug-likeness (QED) is 0.731. The SMILES string of the molecule is CCOc1ccccc1N1CC(C(=O)NCCNC)CC1=O.Cl. The molecule has 23 heavy (non-hydrogen) atoms. The monoisotopic (exact) mass is 341 g/mol. The molecule has 2 rings (SSSR count). The highest BCUT2D eigenvalue weighted by molar-refractivity contribution is 6.01. The van der Waals surface area contributed by atoms with Crippen LogP contribution in [-0.2, 0) is 9.59 Å². The Morgan fingerprint density at radius 2 is 2.09 bits per heavy atom. The zero-order chi connectivity index (χ0) is 15.9. The standard InChI is InChI=1S/C16H23N3O3.ClH/c1-3-22-14-7-5-4-6-13(14)19-11-12(10-15(19)20)16(21)18-9-8-17-2;/h4-7,12,17H,3,8-11H2,1-2H3,(H,18,21);1H. The van der Waals surface area contributed by atoms with E-state index in [1.54, 1.807) is 4.90 Å². The van der Waals surface area contributed by atoms with E-state index in [4.69, 9.17) is 4.74 Å². The third-order valence-corrected chi connectivity index (χ3v) is 3.63. The van der Waals surface area contributed by atoms with E-state index in [9.17, 15) is 9.59 Å². The first kappa shape index (κ1) is 19.3. The van der Waals surface area contributed by atoms with Crippen LogP contribution in [0.25, 0.3) is 0 Å². The van der Waals surface area contributed by atoms with Gasteiger partial charge >= 0.3 is 0 Å². The second kappa shape index (κ2) is 9.37. The molecule has 1 atom stereocenters. The Kier molecular flexibility index (Phi) is 7.85. The number of anilines is 1. The number of rotatable bonds is 7. The van der Waals surface area contributed by atoms with E-state index in [1.807, 2.05) is 38.2 Å². The van der Waals surface area contributed by atoms with E-state index in [0.29, 0.717) is 32.0 Å². The minimum atomic E-state index is -0.306. The van der Waals surface area contributed by atoms with Gasteiger partial charge in [0.25, 0.3) is 0 Å². The van der Waals surface area contributed by atoms with Gasteiger partial charge in [0.2, 0.25) is 11.8 Å². The summed E-state index contributed by atoms with van der Waals surface area (Å²) in [5.41, 5.74) is 0.736. The summed E-state index contributed by atoms with van der Waals surface area (Å²) >= 11 is 0. The summed E-state index contributed by atoms with van der Waals surface area (Å²) in [7, 11) is 1.83. The molecule has 1 saturated heterocycles. The lowest BCUT2D eigenvalue weighted by Gasteiger charge is -2.20. The van der Waals surface area contributed by atoms with Crippen LogP contribution >= 0.6 is 12.4 Å². The molecule has 1 aliphatic rings. The van der Waals surface area contributed by atoms with Crippen molar-refractivity contribution in [1.82, 2.24) is 10.6 Å². The number of carbonyl (C=O) groups is 2. The molecule has 0 spiro atoms. The average Bonchev–Trinajstić information content (AvgIpc) is 2.90. The van der Waals surface area contributed by atoms with Gasteiger partial charge in [-0.2, -0.15) is 0 Å². The Morgan fingerprint density at radius 3 is 2.78 bits per heavy atom. The highest BCUT2D eigenvalue weighted by atomic mass is 35.5.